The zero-order valence-electron chi connectivity index (χ0n) is 5.10. The van der Waals surface area contributed by atoms with Crippen LogP contribution in [-0.4, -0.2) is 0 Å². The van der Waals surface area contributed by atoms with E-state index in [9.17, 15) is 9.50 Å². The lowest BCUT2D eigenvalue weighted by molar-refractivity contribution is 0.330. The Balaban J connectivity index is 3.04. The lowest BCUT2D eigenvalue weighted by atomic mass is 10.2. The predicted octanol–water partition coefficient (Wildman–Crippen LogP) is 2.71. The summed E-state index contributed by atoms with van der Waals surface area (Å²) in [4.78, 5) is 0. The van der Waals surface area contributed by atoms with Crippen LogP contribution in [0.2, 0.25) is 0 Å². The highest BCUT2D eigenvalue weighted by Crippen LogP contribution is 2.17. The molecule has 0 amide bonds. The second kappa shape index (κ2) is 2.88. The lowest BCUT2D eigenvalue weighted by Gasteiger charge is -1.93. The zero-order valence-corrected chi connectivity index (χ0v) is 5.86. The monoisotopic (exact) mass is 159 g/mol. The Morgan fingerprint density at radius 3 is 2.70 bits per heavy atom. The molecule has 0 spiro atoms. The quantitative estimate of drug-likeness (QED) is 0.562. The number of hydrogen-bond acceptors (Lipinski definition) is 0. The standard InChI is InChI=1S/C7H5ClFO/c8-4-5-1-2-7(10)6(9)3-5/h1-3H,4H2. The van der Waals surface area contributed by atoms with Gasteiger partial charge in [0.15, 0.2) is 5.82 Å². The minimum atomic E-state index is -0.738. The van der Waals surface area contributed by atoms with Crippen LogP contribution in [-0.2, 0) is 11.0 Å². The molecule has 0 aliphatic carbocycles. The highest BCUT2D eigenvalue weighted by atomic mass is 35.5. The number of benzene rings is 1. The molecule has 1 nitrogen and oxygen atoms in total. The Bertz CT molecular complexity index is 237. The van der Waals surface area contributed by atoms with Gasteiger partial charge in [-0.1, -0.05) is 6.07 Å². The molecule has 0 unspecified atom stereocenters. The van der Waals surface area contributed by atoms with Crippen molar-refractivity contribution in [2.75, 3.05) is 0 Å². The van der Waals surface area contributed by atoms with Gasteiger partial charge in [0, 0.05) is 5.88 Å². The van der Waals surface area contributed by atoms with Crippen molar-refractivity contribution >= 4 is 11.6 Å². The number of alkyl halides is 1. The van der Waals surface area contributed by atoms with Gasteiger partial charge in [-0.3, -0.25) is 5.11 Å². The average molecular weight is 160 g/mol. The van der Waals surface area contributed by atoms with Crippen molar-refractivity contribution in [3.8, 4) is 5.75 Å². The van der Waals surface area contributed by atoms with Crippen molar-refractivity contribution in [3.63, 3.8) is 0 Å². The molecule has 0 aliphatic heterocycles. The van der Waals surface area contributed by atoms with E-state index >= 15 is 0 Å². The molecular formula is C7H5ClFO. The number of halogens is 2. The van der Waals surface area contributed by atoms with Gasteiger partial charge in [0.1, 0.15) is 0 Å². The number of rotatable bonds is 1. The van der Waals surface area contributed by atoms with E-state index in [4.69, 9.17) is 11.6 Å². The van der Waals surface area contributed by atoms with Crippen molar-refractivity contribution in [2.24, 2.45) is 0 Å². The summed E-state index contributed by atoms with van der Waals surface area (Å²) < 4.78 is 12.4. The third-order valence-electron chi connectivity index (χ3n) is 1.15. The molecule has 53 valence electrons. The highest BCUT2D eigenvalue weighted by molar-refractivity contribution is 6.17. The SMILES string of the molecule is [O]c1ccc(CCl)cc1F. The lowest BCUT2D eigenvalue weighted by Crippen LogP contribution is -1.79. The second-order valence-electron chi connectivity index (χ2n) is 1.90. The molecule has 0 N–H and O–H groups in total. The van der Waals surface area contributed by atoms with Gasteiger partial charge in [0.2, 0.25) is 5.75 Å². The summed E-state index contributed by atoms with van der Waals surface area (Å²) in [5.74, 6) is -1.09. The molecule has 0 heterocycles. The summed E-state index contributed by atoms with van der Waals surface area (Å²) in [5.41, 5.74) is 0.624. The molecule has 0 fully saturated rings. The van der Waals surface area contributed by atoms with E-state index in [1.54, 1.807) is 0 Å². The fourth-order valence-corrected chi connectivity index (χ4v) is 0.794. The van der Waals surface area contributed by atoms with E-state index in [1.165, 1.54) is 12.1 Å². The summed E-state index contributed by atoms with van der Waals surface area (Å²) in [5, 5.41) is 10.5. The van der Waals surface area contributed by atoms with Crippen LogP contribution in [0.15, 0.2) is 18.2 Å². The molecule has 3 heteroatoms. The summed E-state index contributed by atoms with van der Waals surface area (Å²) in [6.45, 7) is 0. The summed E-state index contributed by atoms with van der Waals surface area (Å²) in [6, 6.07) is 3.83. The maximum atomic E-state index is 12.4. The molecule has 0 saturated heterocycles. The molecule has 10 heavy (non-hydrogen) atoms. The Morgan fingerprint density at radius 2 is 2.20 bits per heavy atom. The van der Waals surface area contributed by atoms with E-state index in [1.807, 2.05) is 0 Å². The first-order valence-corrected chi connectivity index (χ1v) is 3.29. The third kappa shape index (κ3) is 1.39. The molecular weight excluding hydrogens is 155 g/mol. The Morgan fingerprint density at radius 1 is 1.50 bits per heavy atom. The third-order valence-corrected chi connectivity index (χ3v) is 1.46. The molecule has 0 saturated carbocycles. The van der Waals surface area contributed by atoms with Crippen LogP contribution in [0.3, 0.4) is 0 Å². The normalized spacial score (nSPS) is 9.80. The first-order valence-electron chi connectivity index (χ1n) is 2.75. The van der Waals surface area contributed by atoms with Crippen molar-refractivity contribution < 1.29 is 9.50 Å². The first kappa shape index (κ1) is 7.35. The Hall–Kier alpha value is -0.760. The van der Waals surface area contributed by atoms with Gasteiger partial charge in [0.05, 0.1) is 0 Å². The second-order valence-corrected chi connectivity index (χ2v) is 2.17. The van der Waals surface area contributed by atoms with Crippen molar-refractivity contribution in [2.45, 2.75) is 5.88 Å². The maximum Gasteiger partial charge on any atom is 0.214 e. The van der Waals surface area contributed by atoms with E-state index in [-0.39, 0.29) is 5.88 Å². The van der Waals surface area contributed by atoms with E-state index in [2.05, 4.69) is 0 Å². The molecule has 0 atom stereocenters. The van der Waals surface area contributed by atoms with Gasteiger partial charge in [-0.05, 0) is 17.7 Å². The Kier molecular flexibility index (Phi) is 2.12. The zero-order chi connectivity index (χ0) is 7.56. The van der Waals surface area contributed by atoms with Crippen LogP contribution in [0.25, 0.3) is 0 Å². The van der Waals surface area contributed by atoms with Gasteiger partial charge < -0.3 is 0 Å². The summed E-state index contributed by atoms with van der Waals surface area (Å²) in [7, 11) is 0. The van der Waals surface area contributed by atoms with Gasteiger partial charge >= 0.3 is 0 Å². The van der Waals surface area contributed by atoms with Crippen LogP contribution < -0.4 is 0 Å². The van der Waals surface area contributed by atoms with E-state index < -0.39 is 11.6 Å². The fourth-order valence-electron chi connectivity index (χ4n) is 0.627. The maximum absolute atomic E-state index is 12.4. The van der Waals surface area contributed by atoms with E-state index in [0.29, 0.717) is 5.56 Å². The van der Waals surface area contributed by atoms with Crippen molar-refractivity contribution in [3.05, 3.63) is 29.6 Å². The molecule has 1 aromatic carbocycles. The summed E-state index contributed by atoms with van der Waals surface area (Å²) in [6.07, 6.45) is 0. The molecule has 1 aromatic rings. The average Bonchev–Trinajstić information content (AvgIpc) is 1.95. The highest BCUT2D eigenvalue weighted by Gasteiger charge is 2.01. The van der Waals surface area contributed by atoms with Crippen molar-refractivity contribution in [1.29, 1.82) is 0 Å². The topological polar surface area (TPSA) is 19.9 Å². The van der Waals surface area contributed by atoms with Gasteiger partial charge in [-0.15, -0.1) is 11.6 Å². The predicted molar refractivity (Wildman–Crippen MR) is 36.1 cm³/mol. The van der Waals surface area contributed by atoms with Crippen LogP contribution in [0, 0.1) is 5.82 Å². The molecule has 0 bridgehead atoms. The summed E-state index contributed by atoms with van der Waals surface area (Å²) >= 11 is 5.38. The van der Waals surface area contributed by atoms with Crippen LogP contribution in [0.1, 0.15) is 5.56 Å². The molecule has 0 aliphatic rings. The largest absolute Gasteiger partial charge is 0.287 e. The first-order chi connectivity index (χ1) is 4.74. The molecule has 1 radical (unpaired) electrons. The van der Waals surface area contributed by atoms with Gasteiger partial charge in [-0.2, -0.15) is 0 Å². The molecule has 0 aromatic heterocycles. The van der Waals surface area contributed by atoms with Crippen molar-refractivity contribution in [1.82, 2.24) is 0 Å². The van der Waals surface area contributed by atoms with Crippen LogP contribution in [0.4, 0.5) is 4.39 Å². The fraction of sp³-hybridized carbons (Fsp3) is 0.143. The molecule has 1 rings (SSSR count). The Labute approximate surface area is 63.1 Å². The van der Waals surface area contributed by atoms with Gasteiger partial charge in [0.25, 0.3) is 0 Å². The smallest absolute Gasteiger partial charge is 0.214 e. The van der Waals surface area contributed by atoms with Crippen LogP contribution in [0.5, 0.6) is 5.75 Å². The van der Waals surface area contributed by atoms with Crippen LogP contribution >= 0.6 is 11.6 Å². The minimum absolute atomic E-state index is 0.233. The van der Waals surface area contributed by atoms with Gasteiger partial charge in [-0.25, -0.2) is 4.39 Å². The van der Waals surface area contributed by atoms with E-state index in [0.717, 1.165) is 6.07 Å². The minimum Gasteiger partial charge on any atom is -0.287 e. The number of hydrogen-bond donors (Lipinski definition) is 0.